The summed E-state index contributed by atoms with van der Waals surface area (Å²) in [7, 11) is 2.01. The monoisotopic (exact) mass is 300 g/mol. The topological polar surface area (TPSA) is 32.3 Å². The number of benzene rings is 1. The first-order chi connectivity index (χ1) is 8.92. The SMILES string of the molecule is CC(CNC(=O)C1CC1(Cl)Cl)N(C)c1ccccc1. The third kappa shape index (κ3) is 3.54. The molecule has 1 saturated carbocycles. The molecule has 1 aliphatic carbocycles. The normalized spacial score (nSPS) is 21.6. The summed E-state index contributed by atoms with van der Waals surface area (Å²) in [6.45, 7) is 2.64. The first-order valence-corrected chi connectivity index (χ1v) is 7.11. The van der Waals surface area contributed by atoms with E-state index >= 15 is 0 Å². The van der Waals surface area contributed by atoms with Gasteiger partial charge in [0.15, 0.2) is 0 Å². The van der Waals surface area contributed by atoms with Gasteiger partial charge in [-0.05, 0) is 25.5 Å². The lowest BCUT2D eigenvalue weighted by Gasteiger charge is -2.27. The van der Waals surface area contributed by atoms with E-state index < -0.39 is 4.33 Å². The van der Waals surface area contributed by atoms with Crippen molar-refractivity contribution in [2.45, 2.75) is 23.7 Å². The first kappa shape index (κ1) is 14.5. The summed E-state index contributed by atoms with van der Waals surface area (Å²) in [5, 5.41) is 2.90. The molecule has 0 aromatic heterocycles. The van der Waals surface area contributed by atoms with Crippen LogP contribution in [-0.2, 0) is 4.79 Å². The molecule has 104 valence electrons. The Kier molecular flexibility index (Phi) is 4.26. The van der Waals surface area contributed by atoms with Crippen molar-refractivity contribution in [3.8, 4) is 0 Å². The lowest BCUT2D eigenvalue weighted by molar-refractivity contribution is -0.122. The number of alkyl halides is 2. The highest BCUT2D eigenvalue weighted by molar-refractivity contribution is 6.52. The highest BCUT2D eigenvalue weighted by atomic mass is 35.5. The van der Waals surface area contributed by atoms with Crippen molar-refractivity contribution < 1.29 is 4.79 Å². The summed E-state index contributed by atoms with van der Waals surface area (Å²) in [6, 6.07) is 10.3. The summed E-state index contributed by atoms with van der Waals surface area (Å²) < 4.78 is -0.849. The predicted octanol–water partition coefficient (Wildman–Crippen LogP) is 2.82. The van der Waals surface area contributed by atoms with Gasteiger partial charge in [-0.25, -0.2) is 0 Å². The minimum absolute atomic E-state index is 0.0571. The van der Waals surface area contributed by atoms with E-state index in [0.29, 0.717) is 13.0 Å². The second-order valence-corrected chi connectivity index (χ2v) is 6.60. The van der Waals surface area contributed by atoms with Crippen LogP contribution < -0.4 is 10.2 Å². The Morgan fingerprint density at radius 1 is 1.47 bits per heavy atom. The van der Waals surface area contributed by atoms with Crippen LogP contribution in [0.15, 0.2) is 30.3 Å². The number of nitrogens with one attached hydrogen (secondary N) is 1. The number of anilines is 1. The summed E-state index contributed by atoms with van der Waals surface area (Å²) >= 11 is 11.7. The van der Waals surface area contributed by atoms with Crippen molar-refractivity contribution in [1.29, 1.82) is 0 Å². The van der Waals surface area contributed by atoms with Gasteiger partial charge >= 0.3 is 0 Å². The zero-order valence-electron chi connectivity index (χ0n) is 11.1. The van der Waals surface area contributed by atoms with E-state index in [9.17, 15) is 4.79 Å². The predicted molar refractivity (Wildman–Crippen MR) is 79.9 cm³/mol. The summed E-state index contributed by atoms with van der Waals surface area (Å²) in [4.78, 5) is 13.9. The molecule has 0 heterocycles. The van der Waals surface area contributed by atoms with E-state index in [-0.39, 0.29) is 17.9 Å². The molecule has 0 bridgehead atoms. The number of halogens is 2. The van der Waals surface area contributed by atoms with Crippen LogP contribution in [0.25, 0.3) is 0 Å². The highest BCUT2D eigenvalue weighted by Gasteiger charge is 2.56. The van der Waals surface area contributed by atoms with Gasteiger partial charge in [0.2, 0.25) is 5.91 Å². The van der Waals surface area contributed by atoms with E-state index in [2.05, 4.69) is 17.1 Å². The second-order valence-electron chi connectivity index (χ2n) is 5.06. The van der Waals surface area contributed by atoms with E-state index in [0.717, 1.165) is 5.69 Å². The molecule has 1 N–H and O–H groups in total. The van der Waals surface area contributed by atoms with Crippen molar-refractivity contribution in [3.05, 3.63) is 30.3 Å². The van der Waals surface area contributed by atoms with Gasteiger partial charge in [-0.3, -0.25) is 4.79 Å². The minimum atomic E-state index is -0.849. The molecule has 2 atom stereocenters. The third-order valence-corrected chi connectivity index (χ3v) is 4.37. The molecule has 1 aromatic carbocycles. The van der Waals surface area contributed by atoms with Crippen LogP contribution in [0, 0.1) is 5.92 Å². The summed E-state index contributed by atoms with van der Waals surface area (Å²) in [5.41, 5.74) is 1.12. The first-order valence-electron chi connectivity index (χ1n) is 6.35. The van der Waals surface area contributed by atoms with Gasteiger partial charge in [-0.1, -0.05) is 18.2 Å². The molecule has 0 radical (unpaired) electrons. The number of carbonyl (C=O) groups excluding carboxylic acids is 1. The quantitative estimate of drug-likeness (QED) is 0.848. The van der Waals surface area contributed by atoms with Crippen LogP contribution in [0.4, 0.5) is 5.69 Å². The van der Waals surface area contributed by atoms with E-state index in [4.69, 9.17) is 23.2 Å². The molecule has 2 unspecified atom stereocenters. The van der Waals surface area contributed by atoms with Gasteiger partial charge < -0.3 is 10.2 Å². The smallest absolute Gasteiger partial charge is 0.226 e. The number of carbonyl (C=O) groups is 1. The van der Waals surface area contributed by atoms with Gasteiger partial charge in [0.25, 0.3) is 0 Å². The van der Waals surface area contributed by atoms with Crippen LogP contribution in [0.1, 0.15) is 13.3 Å². The molecule has 0 spiro atoms. The maximum Gasteiger partial charge on any atom is 0.226 e. The molecule has 1 amide bonds. The number of para-hydroxylation sites is 1. The van der Waals surface area contributed by atoms with Gasteiger partial charge in [-0.15, -0.1) is 23.2 Å². The molecule has 1 fully saturated rings. The van der Waals surface area contributed by atoms with Crippen LogP contribution in [0.2, 0.25) is 0 Å². The number of amides is 1. The zero-order valence-corrected chi connectivity index (χ0v) is 12.6. The van der Waals surface area contributed by atoms with Crippen molar-refractivity contribution in [1.82, 2.24) is 5.32 Å². The lowest BCUT2D eigenvalue weighted by Crippen LogP contribution is -2.41. The zero-order chi connectivity index (χ0) is 14.0. The van der Waals surface area contributed by atoms with E-state index in [1.54, 1.807) is 0 Å². The Morgan fingerprint density at radius 2 is 2.05 bits per heavy atom. The van der Waals surface area contributed by atoms with Crippen LogP contribution in [0.3, 0.4) is 0 Å². The van der Waals surface area contributed by atoms with Gasteiger partial charge in [-0.2, -0.15) is 0 Å². The maximum absolute atomic E-state index is 11.8. The van der Waals surface area contributed by atoms with Crippen molar-refractivity contribution >= 4 is 34.8 Å². The minimum Gasteiger partial charge on any atom is -0.370 e. The van der Waals surface area contributed by atoms with E-state index in [1.165, 1.54) is 0 Å². The number of rotatable bonds is 5. The molecular formula is C14H18Cl2N2O. The number of hydrogen-bond acceptors (Lipinski definition) is 2. The Balaban J connectivity index is 1.81. The number of nitrogens with zero attached hydrogens (tertiary/aromatic N) is 1. The fourth-order valence-electron chi connectivity index (χ4n) is 1.92. The Morgan fingerprint density at radius 3 is 2.58 bits per heavy atom. The Labute approximate surface area is 123 Å². The molecule has 19 heavy (non-hydrogen) atoms. The average molecular weight is 301 g/mol. The highest BCUT2D eigenvalue weighted by Crippen LogP contribution is 2.53. The van der Waals surface area contributed by atoms with Crippen molar-refractivity contribution in [2.75, 3.05) is 18.5 Å². The number of hydrogen-bond donors (Lipinski definition) is 1. The second kappa shape index (κ2) is 5.59. The summed E-state index contributed by atoms with van der Waals surface area (Å²) in [6.07, 6.45) is 0.546. The Bertz CT molecular complexity index is 450. The average Bonchev–Trinajstić information content (AvgIpc) is 3.05. The van der Waals surface area contributed by atoms with Gasteiger partial charge in [0.05, 0.1) is 5.92 Å². The molecule has 1 aliphatic rings. The molecule has 0 aliphatic heterocycles. The van der Waals surface area contributed by atoms with Crippen molar-refractivity contribution in [3.63, 3.8) is 0 Å². The van der Waals surface area contributed by atoms with Crippen molar-refractivity contribution in [2.24, 2.45) is 5.92 Å². The number of likely N-dealkylation sites (N-methyl/N-ethyl adjacent to an activating group) is 1. The molecule has 1 aromatic rings. The molecule has 0 saturated heterocycles. The van der Waals surface area contributed by atoms with Crippen LogP contribution >= 0.6 is 23.2 Å². The standard InChI is InChI=1S/C14H18Cl2N2O/c1-10(18(2)11-6-4-3-5-7-11)9-17-13(19)12-8-14(12,15)16/h3-7,10,12H,8-9H2,1-2H3,(H,17,19). The fraction of sp³-hybridized carbons (Fsp3) is 0.500. The third-order valence-electron chi connectivity index (χ3n) is 3.54. The van der Waals surface area contributed by atoms with Gasteiger partial charge in [0.1, 0.15) is 4.33 Å². The Hall–Kier alpha value is -0.930. The van der Waals surface area contributed by atoms with Gasteiger partial charge in [0, 0.05) is 25.3 Å². The molecule has 5 heteroatoms. The van der Waals surface area contributed by atoms with Crippen LogP contribution in [-0.4, -0.2) is 29.9 Å². The molecule has 2 rings (SSSR count). The fourth-order valence-corrected chi connectivity index (χ4v) is 2.43. The summed E-state index contributed by atoms with van der Waals surface area (Å²) in [5.74, 6) is -0.316. The largest absolute Gasteiger partial charge is 0.370 e. The lowest BCUT2D eigenvalue weighted by atomic mass is 10.2. The molecular weight excluding hydrogens is 283 g/mol. The van der Waals surface area contributed by atoms with E-state index in [1.807, 2.05) is 37.4 Å². The molecule has 3 nitrogen and oxygen atoms in total. The maximum atomic E-state index is 11.8. The van der Waals surface area contributed by atoms with Crippen LogP contribution in [0.5, 0.6) is 0 Å².